The quantitative estimate of drug-likeness (QED) is 0.748. The third-order valence-corrected chi connectivity index (χ3v) is 4.48. The highest BCUT2D eigenvalue weighted by molar-refractivity contribution is 5.97. The highest BCUT2D eigenvalue weighted by atomic mass is 16.6. The summed E-state index contributed by atoms with van der Waals surface area (Å²) in [6, 6.07) is 13.6. The molecule has 2 N–H and O–H groups in total. The summed E-state index contributed by atoms with van der Waals surface area (Å²) in [6.07, 6.45) is 1.94. The van der Waals surface area contributed by atoms with Crippen molar-refractivity contribution in [2.75, 3.05) is 13.7 Å². The van der Waals surface area contributed by atoms with Crippen LogP contribution >= 0.6 is 0 Å². The Morgan fingerprint density at radius 2 is 1.79 bits per heavy atom. The number of benzene rings is 2. The molecule has 3 amide bonds. The molecular formula is C21H22N2O5. The minimum atomic E-state index is -1.25. The van der Waals surface area contributed by atoms with Crippen molar-refractivity contribution in [3.8, 4) is 5.75 Å². The van der Waals surface area contributed by atoms with E-state index in [1.807, 2.05) is 18.2 Å². The fourth-order valence-corrected chi connectivity index (χ4v) is 3.09. The SMILES string of the molecule is CNC(=O)NC(=O)[C@H](OC(=O)COc1ccc2c(c1)CCC2)c1ccccc1. The number of imide groups is 1. The number of esters is 1. The summed E-state index contributed by atoms with van der Waals surface area (Å²) in [7, 11) is 1.39. The first-order valence-electron chi connectivity index (χ1n) is 9.08. The Bertz CT molecular complexity index is 866. The Morgan fingerprint density at radius 1 is 1.04 bits per heavy atom. The summed E-state index contributed by atoms with van der Waals surface area (Å²) < 4.78 is 10.8. The molecular weight excluding hydrogens is 360 g/mol. The van der Waals surface area contributed by atoms with Crippen LogP contribution in [-0.4, -0.2) is 31.6 Å². The van der Waals surface area contributed by atoms with Gasteiger partial charge in [-0.2, -0.15) is 0 Å². The minimum absolute atomic E-state index is 0.338. The Hall–Kier alpha value is -3.35. The van der Waals surface area contributed by atoms with Crippen LogP contribution in [-0.2, 0) is 27.2 Å². The van der Waals surface area contributed by atoms with Crippen molar-refractivity contribution < 1.29 is 23.9 Å². The Balaban J connectivity index is 1.63. The van der Waals surface area contributed by atoms with Crippen LogP contribution in [0, 0.1) is 0 Å². The van der Waals surface area contributed by atoms with E-state index in [1.165, 1.54) is 18.2 Å². The van der Waals surface area contributed by atoms with Crippen molar-refractivity contribution in [1.82, 2.24) is 10.6 Å². The van der Waals surface area contributed by atoms with Gasteiger partial charge in [0.25, 0.3) is 5.91 Å². The van der Waals surface area contributed by atoms with Gasteiger partial charge in [-0.25, -0.2) is 9.59 Å². The molecule has 0 radical (unpaired) electrons. The Kier molecular flexibility index (Phi) is 6.26. The highest BCUT2D eigenvalue weighted by Crippen LogP contribution is 2.26. The lowest BCUT2D eigenvalue weighted by molar-refractivity contribution is -0.158. The van der Waals surface area contributed by atoms with Gasteiger partial charge >= 0.3 is 12.0 Å². The molecule has 146 valence electrons. The van der Waals surface area contributed by atoms with Gasteiger partial charge in [-0.05, 0) is 42.5 Å². The second-order valence-electron chi connectivity index (χ2n) is 6.42. The predicted molar refractivity (Wildman–Crippen MR) is 102 cm³/mol. The van der Waals surface area contributed by atoms with Crippen LogP contribution in [0.25, 0.3) is 0 Å². The molecule has 0 fully saturated rings. The van der Waals surface area contributed by atoms with E-state index in [2.05, 4.69) is 10.6 Å². The van der Waals surface area contributed by atoms with E-state index in [0.717, 1.165) is 19.3 Å². The van der Waals surface area contributed by atoms with E-state index < -0.39 is 24.0 Å². The van der Waals surface area contributed by atoms with Gasteiger partial charge in [-0.15, -0.1) is 0 Å². The second kappa shape index (κ2) is 9.03. The fourth-order valence-electron chi connectivity index (χ4n) is 3.09. The topological polar surface area (TPSA) is 93.7 Å². The van der Waals surface area contributed by atoms with E-state index >= 15 is 0 Å². The number of amides is 3. The molecule has 0 bridgehead atoms. The number of urea groups is 1. The number of carbonyl (C=O) groups is 3. The van der Waals surface area contributed by atoms with Crippen molar-refractivity contribution in [2.45, 2.75) is 25.4 Å². The number of carbonyl (C=O) groups excluding carboxylic acids is 3. The van der Waals surface area contributed by atoms with Crippen LogP contribution in [0.4, 0.5) is 4.79 Å². The molecule has 2 aromatic carbocycles. The molecule has 0 saturated heterocycles. The van der Waals surface area contributed by atoms with Gasteiger partial charge in [0, 0.05) is 12.6 Å². The Labute approximate surface area is 163 Å². The van der Waals surface area contributed by atoms with Gasteiger partial charge in [-0.3, -0.25) is 10.1 Å². The molecule has 7 heteroatoms. The number of hydrogen-bond donors (Lipinski definition) is 2. The summed E-state index contributed by atoms with van der Waals surface area (Å²) in [5.74, 6) is -0.860. The second-order valence-corrected chi connectivity index (χ2v) is 6.42. The fraction of sp³-hybridized carbons (Fsp3) is 0.286. The maximum Gasteiger partial charge on any atom is 0.345 e. The molecule has 0 spiro atoms. The lowest BCUT2D eigenvalue weighted by Gasteiger charge is -2.17. The maximum atomic E-state index is 12.4. The number of fused-ring (bicyclic) bond motifs is 1. The minimum Gasteiger partial charge on any atom is -0.482 e. The number of ether oxygens (including phenoxy) is 2. The monoisotopic (exact) mass is 382 g/mol. The average Bonchev–Trinajstić information content (AvgIpc) is 3.18. The maximum absolute atomic E-state index is 12.4. The summed E-state index contributed by atoms with van der Waals surface area (Å²) in [6.45, 7) is -0.338. The van der Waals surface area contributed by atoms with Gasteiger partial charge in [0.15, 0.2) is 6.61 Å². The molecule has 0 aliphatic heterocycles. The summed E-state index contributed by atoms with van der Waals surface area (Å²) >= 11 is 0. The molecule has 1 aliphatic rings. The van der Waals surface area contributed by atoms with E-state index in [0.29, 0.717) is 11.3 Å². The summed E-state index contributed by atoms with van der Waals surface area (Å²) in [5, 5.41) is 4.42. The van der Waals surface area contributed by atoms with Crippen molar-refractivity contribution >= 4 is 17.9 Å². The van der Waals surface area contributed by atoms with Crippen molar-refractivity contribution in [2.24, 2.45) is 0 Å². The zero-order chi connectivity index (χ0) is 19.9. The Morgan fingerprint density at radius 3 is 2.54 bits per heavy atom. The third kappa shape index (κ3) is 4.88. The molecule has 0 heterocycles. The first kappa shape index (κ1) is 19.4. The van der Waals surface area contributed by atoms with Crippen LogP contribution < -0.4 is 15.4 Å². The lowest BCUT2D eigenvalue weighted by atomic mass is 10.1. The predicted octanol–water partition coefficient (Wildman–Crippen LogP) is 2.29. The summed E-state index contributed by atoms with van der Waals surface area (Å²) in [4.78, 5) is 36.1. The summed E-state index contributed by atoms with van der Waals surface area (Å²) in [5.41, 5.74) is 3.00. The van der Waals surface area contributed by atoms with Gasteiger partial charge in [-0.1, -0.05) is 36.4 Å². The molecule has 1 atom stereocenters. The zero-order valence-corrected chi connectivity index (χ0v) is 15.6. The van der Waals surface area contributed by atoms with Crippen molar-refractivity contribution in [1.29, 1.82) is 0 Å². The molecule has 3 rings (SSSR count). The molecule has 0 aromatic heterocycles. The first-order chi connectivity index (χ1) is 13.6. The van der Waals surface area contributed by atoms with Crippen molar-refractivity contribution in [3.05, 3.63) is 65.2 Å². The van der Waals surface area contributed by atoms with E-state index in [-0.39, 0.29) is 6.61 Å². The zero-order valence-electron chi connectivity index (χ0n) is 15.6. The van der Waals surface area contributed by atoms with Crippen LogP contribution in [0.15, 0.2) is 48.5 Å². The average molecular weight is 382 g/mol. The molecule has 28 heavy (non-hydrogen) atoms. The van der Waals surface area contributed by atoms with E-state index in [4.69, 9.17) is 9.47 Å². The van der Waals surface area contributed by atoms with E-state index in [9.17, 15) is 14.4 Å². The molecule has 2 aromatic rings. The van der Waals surface area contributed by atoms with Crippen LogP contribution in [0.1, 0.15) is 29.2 Å². The van der Waals surface area contributed by atoms with Gasteiger partial charge in [0.1, 0.15) is 5.75 Å². The standard InChI is InChI=1S/C21H22N2O5/c1-22-21(26)23-20(25)19(15-6-3-2-4-7-15)28-18(24)13-27-17-11-10-14-8-5-9-16(14)12-17/h2-4,6-7,10-12,19H,5,8-9,13H2,1H3,(H2,22,23,25,26)/t19-/m1/s1. The molecule has 0 saturated carbocycles. The highest BCUT2D eigenvalue weighted by Gasteiger charge is 2.26. The van der Waals surface area contributed by atoms with Crippen LogP contribution in [0.5, 0.6) is 5.75 Å². The number of hydrogen-bond acceptors (Lipinski definition) is 5. The van der Waals surface area contributed by atoms with Crippen LogP contribution in [0.3, 0.4) is 0 Å². The molecule has 0 unspecified atom stereocenters. The van der Waals surface area contributed by atoms with Crippen LogP contribution in [0.2, 0.25) is 0 Å². The number of rotatable bonds is 6. The van der Waals surface area contributed by atoms with Gasteiger partial charge in [0.05, 0.1) is 0 Å². The first-order valence-corrected chi connectivity index (χ1v) is 9.08. The van der Waals surface area contributed by atoms with Gasteiger partial charge in [0.2, 0.25) is 6.10 Å². The van der Waals surface area contributed by atoms with E-state index in [1.54, 1.807) is 30.3 Å². The number of aryl methyl sites for hydroxylation is 2. The number of nitrogens with one attached hydrogen (secondary N) is 2. The lowest BCUT2D eigenvalue weighted by Crippen LogP contribution is -2.41. The largest absolute Gasteiger partial charge is 0.482 e. The molecule has 7 nitrogen and oxygen atoms in total. The third-order valence-electron chi connectivity index (χ3n) is 4.48. The normalized spacial score (nSPS) is 13.2. The molecule has 1 aliphatic carbocycles. The van der Waals surface area contributed by atoms with Crippen molar-refractivity contribution in [3.63, 3.8) is 0 Å². The smallest absolute Gasteiger partial charge is 0.345 e. The van der Waals surface area contributed by atoms with Gasteiger partial charge < -0.3 is 14.8 Å².